The van der Waals surface area contributed by atoms with Crippen LogP contribution in [0.3, 0.4) is 0 Å². The van der Waals surface area contributed by atoms with Crippen LogP contribution < -0.4 is 4.74 Å². The smallest absolute Gasteiger partial charge is 0.183 e. The molecule has 2 aromatic rings. The topological polar surface area (TPSA) is 67.2 Å². The van der Waals surface area contributed by atoms with E-state index in [1.807, 2.05) is 19.1 Å². The van der Waals surface area contributed by atoms with Gasteiger partial charge in [0.25, 0.3) is 0 Å². The van der Waals surface area contributed by atoms with Gasteiger partial charge in [-0.25, -0.2) is 8.42 Å². The summed E-state index contributed by atoms with van der Waals surface area (Å²) in [4.78, 5) is 0.282. The summed E-state index contributed by atoms with van der Waals surface area (Å²) in [5.41, 5.74) is 1.86. The van der Waals surface area contributed by atoms with Gasteiger partial charge in [0.05, 0.1) is 29.2 Å². The zero-order valence-corrected chi connectivity index (χ0v) is 13.7. The number of ether oxygens (including phenoxy) is 1. The van der Waals surface area contributed by atoms with Crippen molar-refractivity contribution < 1.29 is 13.2 Å². The highest BCUT2D eigenvalue weighted by molar-refractivity contribution is 7.92. The lowest BCUT2D eigenvalue weighted by Crippen LogP contribution is -2.10. The summed E-state index contributed by atoms with van der Waals surface area (Å²) in [6.45, 7) is 1.91. The van der Waals surface area contributed by atoms with Crippen molar-refractivity contribution in [2.24, 2.45) is 5.92 Å². The Hall–Kier alpha value is -2.32. The van der Waals surface area contributed by atoms with E-state index in [1.54, 1.807) is 43.5 Å². The molecule has 0 radical (unpaired) electrons. The SMILES string of the molecule is COc1ccc(C2C(C#N)C2S(=O)(=O)c2ccc(C)cc2)cc1. The first-order chi connectivity index (χ1) is 11.0. The maximum Gasteiger partial charge on any atom is 0.183 e. The Morgan fingerprint density at radius 1 is 1.04 bits per heavy atom. The summed E-state index contributed by atoms with van der Waals surface area (Å²) >= 11 is 0. The van der Waals surface area contributed by atoms with Crippen molar-refractivity contribution >= 4 is 9.84 Å². The molecule has 118 valence electrons. The van der Waals surface area contributed by atoms with Gasteiger partial charge >= 0.3 is 0 Å². The number of hydrogen-bond donors (Lipinski definition) is 0. The number of sulfone groups is 1. The van der Waals surface area contributed by atoms with E-state index in [-0.39, 0.29) is 10.8 Å². The third kappa shape index (κ3) is 2.71. The fourth-order valence-electron chi connectivity index (χ4n) is 2.93. The lowest BCUT2D eigenvalue weighted by atomic mass is 10.1. The zero-order chi connectivity index (χ0) is 16.6. The van der Waals surface area contributed by atoms with Crippen LogP contribution in [0.1, 0.15) is 17.0 Å². The third-order valence-corrected chi connectivity index (χ3v) is 6.54. The minimum Gasteiger partial charge on any atom is -0.497 e. The minimum atomic E-state index is -3.51. The van der Waals surface area contributed by atoms with Gasteiger partial charge in [0, 0.05) is 5.92 Å². The molecule has 0 heterocycles. The standard InChI is InChI=1S/C18H17NO3S/c1-12-3-9-15(10-4-12)23(20,21)18-16(11-19)17(18)13-5-7-14(22-2)8-6-13/h3-10,16-18H,1-2H3. The van der Waals surface area contributed by atoms with Crippen LogP contribution >= 0.6 is 0 Å². The molecular weight excluding hydrogens is 310 g/mol. The van der Waals surface area contributed by atoms with Crippen LogP contribution in [0, 0.1) is 24.2 Å². The highest BCUT2D eigenvalue weighted by Crippen LogP contribution is 2.53. The Morgan fingerprint density at radius 3 is 2.17 bits per heavy atom. The Labute approximate surface area is 136 Å². The Morgan fingerprint density at radius 2 is 1.65 bits per heavy atom. The van der Waals surface area contributed by atoms with Crippen LogP contribution in [0.2, 0.25) is 0 Å². The first kappa shape index (κ1) is 15.6. The highest BCUT2D eigenvalue weighted by Gasteiger charge is 2.59. The molecule has 5 heteroatoms. The molecule has 3 unspecified atom stereocenters. The van der Waals surface area contributed by atoms with E-state index in [4.69, 9.17) is 4.74 Å². The van der Waals surface area contributed by atoms with Crippen LogP contribution in [-0.2, 0) is 9.84 Å². The molecule has 0 aliphatic heterocycles. The quantitative estimate of drug-likeness (QED) is 0.865. The van der Waals surface area contributed by atoms with Gasteiger partial charge < -0.3 is 4.74 Å². The lowest BCUT2D eigenvalue weighted by Gasteiger charge is -2.05. The predicted octanol–water partition coefficient (Wildman–Crippen LogP) is 3.08. The van der Waals surface area contributed by atoms with Crippen molar-refractivity contribution in [1.29, 1.82) is 5.26 Å². The van der Waals surface area contributed by atoms with Crippen LogP contribution in [0.25, 0.3) is 0 Å². The average Bonchev–Trinajstić information content (AvgIpc) is 3.31. The summed E-state index contributed by atoms with van der Waals surface area (Å²) < 4.78 is 30.7. The molecule has 1 aliphatic carbocycles. The Balaban J connectivity index is 1.92. The molecule has 0 amide bonds. The van der Waals surface area contributed by atoms with Gasteiger partial charge in [-0.05, 0) is 36.8 Å². The molecule has 0 bridgehead atoms. The summed E-state index contributed by atoms with van der Waals surface area (Å²) in [6.07, 6.45) is 0. The molecular formula is C18H17NO3S. The van der Waals surface area contributed by atoms with Gasteiger partial charge in [-0.1, -0.05) is 29.8 Å². The van der Waals surface area contributed by atoms with Gasteiger partial charge in [0.15, 0.2) is 9.84 Å². The second kappa shape index (κ2) is 5.71. The van der Waals surface area contributed by atoms with Gasteiger partial charge in [-0.3, -0.25) is 0 Å². The third-order valence-electron chi connectivity index (χ3n) is 4.31. The van der Waals surface area contributed by atoms with Crippen molar-refractivity contribution in [1.82, 2.24) is 0 Å². The van der Waals surface area contributed by atoms with Gasteiger partial charge in [0.1, 0.15) is 5.75 Å². The van der Waals surface area contributed by atoms with Crippen molar-refractivity contribution in [3.63, 3.8) is 0 Å². The van der Waals surface area contributed by atoms with E-state index in [1.165, 1.54) is 0 Å². The molecule has 0 saturated heterocycles. The largest absolute Gasteiger partial charge is 0.497 e. The number of rotatable bonds is 4. The van der Waals surface area contributed by atoms with E-state index in [0.29, 0.717) is 5.75 Å². The fraction of sp³-hybridized carbons (Fsp3) is 0.278. The maximum atomic E-state index is 12.8. The molecule has 1 aliphatic rings. The van der Waals surface area contributed by atoms with Crippen LogP contribution in [0.4, 0.5) is 0 Å². The van der Waals surface area contributed by atoms with Crippen LogP contribution in [-0.4, -0.2) is 20.8 Å². The first-order valence-electron chi connectivity index (χ1n) is 7.33. The van der Waals surface area contributed by atoms with Crippen molar-refractivity contribution in [3.8, 4) is 11.8 Å². The second-order valence-corrected chi connectivity index (χ2v) is 7.88. The highest BCUT2D eigenvalue weighted by atomic mass is 32.2. The number of hydrogen-bond acceptors (Lipinski definition) is 4. The summed E-state index contributed by atoms with van der Waals surface area (Å²) in [5.74, 6) is -0.0762. The van der Waals surface area contributed by atoms with Crippen LogP contribution in [0.5, 0.6) is 5.75 Å². The van der Waals surface area contributed by atoms with Gasteiger partial charge in [-0.15, -0.1) is 0 Å². The summed E-state index contributed by atoms with van der Waals surface area (Å²) in [5, 5.41) is 8.65. The number of methoxy groups -OCH3 is 1. The summed E-state index contributed by atoms with van der Waals surface area (Å²) in [7, 11) is -1.93. The van der Waals surface area contributed by atoms with E-state index in [9.17, 15) is 13.7 Å². The predicted molar refractivity (Wildman–Crippen MR) is 87.0 cm³/mol. The molecule has 3 atom stereocenters. The molecule has 23 heavy (non-hydrogen) atoms. The summed E-state index contributed by atoms with van der Waals surface area (Å²) in [6, 6.07) is 16.2. The van der Waals surface area contributed by atoms with Crippen molar-refractivity contribution in [2.75, 3.05) is 7.11 Å². The van der Waals surface area contributed by atoms with E-state index < -0.39 is 21.0 Å². The van der Waals surface area contributed by atoms with E-state index >= 15 is 0 Å². The molecule has 1 fully saturated rings. The lowest BCUT2D eigenvalue weighted by molar-refractivity contribution is 0.414. The number of aryl methyl sites for hydroxylation is 1. The van der Waals surface area contributed by atoms with Crippen LogP contribution in [0.15, 0.2) is 53.4 Å². The molecule has 1 saturated carbocycles. The molecule has 0 spiro atoms. The second-order valence-electron chi connectivity index (χ2n) is 5.78. The van der Waals surface area contributed by atoms with E-state index in [2.05, 4.69) is 6.07 Å². The molecule has 4 nitrogen and oxygen atoms in total. The Kier molecular flexibility index (Phi) is 3.87. The fourth-order valence-corrected chi connectivity index (χ4v) is 5.00. The molecule has 3 rings (SSSR count). The zero-order valence-electron chi connectivity index (χ0n) is 12.9. The van der Waals surface area contributed by atoms with Crippen molar-refractivity contribution in [3.05, 3.63) is 59.7 Å². The minimum absolute atomic E-state index is 0.280. The average molecular weight is 327 g/mol. The number of nitrogens with zero attached hydrogens (tertiary/aromatic N) is 1. The normalized spacial score (nSPS) is 23.1. The first-order valence-corrected chi connectivity index (χ1v) is 8.88. The number of nitriles is 1. The van der Waals surface area contributed by atoms with E-state index in [0.717, 1.165) is 11.1 Å². The van der Waals surface area contributed by atoms with Crippen molar-refractivity contribution in [2.45, 2.75) is 23.0 Å². The molecule has 0 aromatic heterocycles. The molecule has 2 aromatic carbocycles. The van der Waals surface area contributed by atoms with Gasteiger partial charge in [-0.2, -0.15) is 5.26 Å². The monoisotopic (exact) mass is 327 g/mol. The molecule has 0 N–H and O–H groups in total. The number of benzene rings is 2. The Bertz CT molecular complexity index is 849. The maximum absolute atomic E-state index is 12.8. The van der Waals surface area contributed by atoms with Gasteiger partial charge in [0.2, 0.25) is 0 Å².